The number of aromatic nitrogens is 4. The van der Waals surface area contributed by atoms with Gasteiger partial charge in [-0.05, 0) is 35.7 Å². The average Bonchev–Trinajstić information content (AvgIpc) is 3.24. The van der Waals surface area contributed by atoms with Gasteiger partial charge in [0.15, 0.2) is 0 Å². The summed E-state index contributed by atoms with van der Waals surface area (Å²) in [5.74, 6) is 0.900. The predicted molar refractivity (Wildman–Crippen MR) is 118 cm³/mol. The number of piperidine rings is 1. The normalized spacial score (nSPS) is 23.8. The van der Waals surface area contributed by atoms with Crippen LogP contribution in [-0.4, -0.2) is 63.7 Å². The van der Waals surface area contributed by atoms with E-state index in [1.54, 1.807) is 49.7 Å². The Morgan fingerprint density at radius 1 is 1.12 bits per heavy atom. The van der Waals surface area contributed by atoms with E-state index in [0.717, 1.165) is 11.1 Å². The van der Waals surface area contributed by atoms with Crippen LogP contribution in [0.15, 0.2) is 54.9 Å². The van der Waals surface area contributed by atoms with Crippen LogP contribution in [0.2, 0.25) is 0 Å². The van der Waals surface area contributed by atoms with Crippen LogP contribution in [0.5, 0.6) is 11.6 Å². The summed E-state index contributed by atoms with van der Waals surface area (Å²) in [6, 6.07) is 8.48. The minimum absolute atomic E-state index is 0.0558. The molecule has 9 heteroatoms. The molecule has 4 atom stereocenters. The van der Waals surface area contributed by atoms with Crippen LogP contribution in [0.1, 0.15) is 6.42 Å². The maximum absolute atomic E-state index is 14.8. The molecule has 2 N–H and O–H groups in total. The van der Waals surface area contributed by atoms with Crippen LogP contribution in [0.25, 0.3) is 22.4 Å². The van der Waals surface area contributed by atoms with E-state index < -0.39 is 6.17 Å². The number of aromatic hydroxyl groups is 1. The molecule has 2 unspecified atom stereocenters. The Hall–Kier alpha value is -3.59. The molecule has 0 aliphatic carbocycles. The lowest BCUT2D eigenvalue weighted by atomic mass is 9.96. The number of ether oxygens (including phenoxy) is 1. The number of hydrogen-bond acceptors (Lipinski definition) is 8. The van der Waals surface area contributed by atoms with Crippen LogP contribution >= 0.6 is 0 Å². The van der Waals surface area contributed by atoms with E-state index in [1.807, 2.05) is 24.3 Å². The zero-order valence-electron chi connectivity index (χ0n) is 17.7. The quantitative estimate of drug-likeness (QED) is 0.592. The van der Waals surface area contributed by atoms with Gasteiger partial charge in [0.05, 0.1) is 25.4 Å². The van der Waals surface area contributed by atoms with Crippen molar-refractivity contribution in [3.8, 4) is 34.0 Å². The smallest absolute Gasteiger partial charge is 0.245 e. The monoisotopic (exact) mass is 434 g/mol. The first-order chi connectivity index (χ1) is 15.5. The topological polar surface area (TPSA) is 96.3 Å². The van der Waals surface area contributed by atoms with Crippen molar-refractivity contribution >= 4 is 5.95 Å². The van der Waals surface area contributed by atoms with E-state index in [2.05, 4.69) is 25.5 Å². The van der Waals surface area contributed by atoms with Gasteiger partial charge >= 0.3 is 0 Å². The number of anilines is 1. The molecule has 164 valence electrons. The fraction of sp³-hybridized carbons (Fsp3) is 0.304. The SMILES string of the molecule is COc1cc(-c2ccc(-c3cnc(N(C)[C@@H]4CC5C=CC(N5)[C@@H]4F)nn3)c(O)c2)ccn1. The first-order valence-corrected chi connectivity index (χ1v) is 10.4. The summed E-state index contributed by atoms with van der Waals surface area (Å²) in [4.78, 5) is 10.2. The lowest BCUT2D eigenvalue weighted by molar-refractivity contribution is 0.186. The van der Waals surface area contributed by atoms with Crippen molar-refractivity contribution in [2.45, 2.75) is 30.7 Å². The second-order valence-electron chi connectivity index (χ2n) is 8.00. The van der Waals surface area contributed by atoms with Crippen LogP contribution < -0.4 is 15.0 Å². The molecule has 2 bridgehead atoms. The number of nitrogens with zero attached hydrogens (tertiary/aromatic N) is 5. The van der Waals surface area contributed by atoms with Crippen LogP contribution in [0.4, 0.5) is 10.3 Å². The second kappa shape index (κ2) is 8.16. The van der Waals surface area contributed by atoms with Gasteiger partial charge in [0.1, 0.15) is 17.6 Å². The third-order valence-corrected chi connectivity index (χ3v) is 6.08. The summed E-state index contributed by atoms with van der Waals surface area (Å²) >= 11 is 0. The Kier molecular flexibility index (Phi) is 5.18. The number of phenols is 1. The predicted octanol–water partition coefficient (Wildman–Crippen LogP) is 2.76. The molecule has 1 saturated heterocycles. The van der Waals surface area contributed by atoms with Gasteiger partial charge in [-0.2, -0.15) is 0 Å². The maximum Gasteiger partial charge on any atom is 0.245 e. The van der Waals surface area contributed by atoms with E-state index >= 15 is 0 Å². The lowest BCUT2D eigenvalue weighted by Gasteiger charge is -2.38. The fourth-order valence-corrected chi connectivity index (χ4v) is 4.29. The maximum atomic E-state index is 14.8. The molecule has 1 fully saturated rings. The van der Waals surface area contributed by atoms with E-state index in [4.69, 9.17) is 4.74 Å². The highest BCUT2D eigenvalue weighted by atomic mass is 19.1. The van der Waals surface area contributed by atoms with Gasteiger partial charge in [-0.15, -0.1) is 10.2 Å². The van der Waals surface area contributed by atoms with Gasteiger partial charge in [0.25, 0.3) is 0 Å². The summed E-state index contributed by atoms with van der Waals surface area (Å²) < 4.78 is 20.0. The zero-order valence-corrected chi connectivity index (χ0v) is 17.7. The number of fused-ring (bicyclic) bond motifs is 2. The number of alkyl halides is 1. The molecule has 0 saturated carbocycles. The first kappa shape index (κ1) is 20.3. The Bertz CT molecular complexity index is 1160. The Balaban J connectivity index is 1.36. The van der Waals surface area contributed by atoms with Crippen molar-refractivity contribution < 1.29 is 14.2 Å². The van der Waals surface area contributed by atoms with E-state index in [9.17, 15) is 9.50 Å². The summed E-state index contributed by atoms with van der Waals surface area (Å²) in [6.45, 7) is 0. The number of pyridine rings is 1. The van der Waals surface area contributed by atoms with Crippen LogP contribution in [0, 0.1) is 0 Å². The summed E-state index contributed by atoms with van der Waals surface area (Å²) in [7, 11) is 3.34. The highest BCUT2D eigenvalue weighted by Crippen LogP contribution is 2.33. The number of rotatable bonds is 5. The largest absolute Gasteiger partial charge is 0.507 e. The molecule has 5 rings (SSSR count). The number of hydrogen-bond donors (Lipinski definition) is 2. The highest BCUT2D eigenvalue weighted by Gasteiger charge is 2.41. The Morgan fingerprint density at radius 3 is 2.72 bits per heavy atom. The van der Waals surface area contributed by atoms with E-state index in [-0.39, 0.29) is 23.9 Å². The minimum Gasteiger partial charge on any atom is -0.507 e. The molecule has 2 aliphatic heterocycles. The van der Waals surface area contributed by atoms with Crippen molar-refractivity contribution in [1.29, 1.82) is 0 Å². The zero-order chi connectivity index (χ0) is 22.2. The summed E-state index contributed by atoms with van der Waals surface area (Å²) in [5.41, 5.74) is 2.62. The van der Waals surface area contributed by atoms with Gasteiger partial charge < -0.3 is 20.1 Å². The molecule has 4 heterocycles. The summed E-state index contributed by atoms with van der Waals surface area (Å²) in [5, 5.41) is 22.3. The molecule has 2 aromatic heterocycles. The molecule has 2 aliphatic rings. The van der Waals surface area contributed by atoms with Gasteiger partial charge in [-0.1, -0.05) is 18.2 Å². The Morgan fingerprint density at radius 2 is 1.97 bits per heavy atom. The van der Waals surface area contributed by atoms with E-state index in [0.29, 0.717) is 29.5 Å². The number of methoxy groups -OCH3 is 1. The number of nitrogens with one attached hydrogen (secondary N) is 1. The van der Waals surface area contributed by atoms with Gasteiger partial charge in [-0.25, -0.2) is 14.4 Å². The van der Waals surface area contributed by atoms with Gasteiger partial charge in [0.2, 0.25) is 11.8 Å². The third-order valence-electron chi connectivity index (χ3n) is 6.08. The molecular formula is C23H23FN6O2. The Labute approximate surface area is 184 Å². The number of phenolic OH excluding ortho intramolecular Hbond substituents is 1. The average molecular weight is 434 g/mol. The molecule has 1 aromatic carbocycles. The van der Waals surface area contributed by atoms with Crippen LogP contribution in [0.3, 0.4) is 0 Å². The number of benzene rings is 1. The van der Waals surface area contributed by atoms with Crippen molar-refractivity contribution in [2.75, 3.05) is 19.1 Å². The van der Waals surface area contributed by atoms with Crippen molar-refractivity contribution in [3.05, 3.63) is 54.9 Å². The molecule has 0 spiro atoms. The standard InChI is InChI=1S/C23H23FN6O2/c1-30(19-11-15-4-6-17(27-15)22(19)24)23-26-12-18(28-29-23)16-5-3-13(9-20(16)31)14-7-8-25-21(10-14)32-2/h3-10,12,15,17,19,22,27,31H,11H2,1-2H3/t15?,17?,19-,22+/m1/s1. The minimum atomic E-state index is -1.05. The van der Waals surface area contributed by atoms with Crippen molar-refractivity contribution in [3.63, 3.8) is 0 Å². The molecule has 3 aromatic rings. The second-order valence-corrected chi connectivity index (χ2v) is 8.00. The number of halogens is 1. The van der Waals surface area contributed by atoms with Gasteiger partial charge in [-0.3, -0.25) is 0 Å². The van der Waals surface area contributed by atoms with Crippen molar-refractivity contribution in [2.24, 2.45) is 0 Å². The molecule has 8 nitrogen and oxygen atoms in total. The summed E-state index contributed by atoms with van der Waals surface area (Å²) in [6.07, 6.45) is 6.68. The molecule has 0 radical (unpaired) electrons. The third kappa shape index (κ3) is 3.64. The van der Waals surface area contributed by atoms with Gasteiger partial charge in [0, 0.05) is 30.9 Å². The highest BCUT2D eigenvalue weighted by molar-refractivity contribution is 5.74. The van der Waals surface area contributed by atoms with Crippen molar-refractivity contribution in [1.82, 2.24) is 25.5 Å². The van der Waals surface area contributed by atoms with Crippen LogP contribution in [-0.2, 0) is 0 Å². The van der Waals surface area contributed by atoms with E-state index in [1.165, 1.54) is 0 Å². The molecular weight excluding hydrogens is 411 g/mol. The fourth-order valence-electron chi connectivity index (χ4n) is 4.29. The first-order valence-electron chi connectivity index (χ1n) is 10.4. The lowest BCUT2D eigenvalue weighted by Crippen LogP contribution is -2.56. The molecule has 32 heavy (non-hydrogen) atoms. The molecule has 0 amide bonds.